The Hall–Kier alpha value is -1.38. The molecule has 0 unspecified atom stereocenters. The highest BCUT2D eigenvalue weighted by Crippen LogP contribution is 2.19. The number of primary amides is 1. The second-order valence-corrected chi connectivity index (χ2v) is 5.12. The highest BCUT2D eigenvalue weighted by Gasteiger charge is 2.14. The molecule has 0 fully saturated rings. The number of pyridine rings is 1. The monoisotopic (exact) mass is 220 g/mol. The minimum Gasteiger partial charge on any atom is -0.370 e. The number of carbonyl (C=O) groups excluding carboxylic acids is 1. The van der Waals surface area contributed by atoms with E-state index >= 15 is 0 Å². The average Bonchev–Trinajstić information content (AvgIpc) is 2.16. The van der Waals surface area contributed by atoms with Crippen LogP contribution in [0.3, 0.4) is 0 Å². The summed E-state index contributed by atoms with van der Waals surface area (Å²) in [6, 6.07) is 4.13. The van der Waals surface area contributed by atoms with Gasteiger partial charge >= 0.3 is 0 Å². The topological polar surface area (TPSA) is 56.0 Å². The van der Waals surface area contributed by atoms with E-state index in [1.807, 2.05) is 6.20 Å². The quantitative estimate of drug-likeness (QED) is 0.845. The van der Waals surface area contributed by atoms with Crippen LogP contribution >= 0.6 is 0 Å². The van der Waals surface area contributed by atoms with E-state index in [-0.39, 0.29) is 11.3 Å². The molecule has 0 aliphatic heterocycles. The van der Waals surface area contributed by atoms with Gasteiger partial charge in [0, 0.05) is 23.7 Å². The summed E-state index contributed by atoms with van der Waals surface area (Å²) in [6.45, 7) is 6.42. The molecule has 3 nitrogen and oxygen atoms in total. The fraction of sp³-hybridized carbons (Fsp3) is 0.538. The van der Waals surface area contributed by atoms with Crippen LogP contribution < -0.4 is 5.73 Å². The van der Waals surface area contributed by atoms with E-state index in [0.29, 0.717) is 6.42 Å². The van der Waals surface area contributed by atoms with Gasteiger partial charge in [-0.2, -0.15) is 0 Å². The van der Waals surface area contributed by atoms with Crippen LogP contribution in [0.5, 0.6) is 0 Å². The molecule has 88 valence electrons. The first-order valence-electron chi connectivity index (χ1n) is 5.63. The molecule has 0 aromatic carbocycles. The number of aryl methyl sites for hydroxylation is 1. The molecule has 0 saturated heterocycles. The molecule has 0 aliphatic rings. The lowest BCUT2D eigenvalue weighted by Gasteiger charge is -2.17. The van der Waals surface area contributed by atoms with Gasteiger partial charge < -0.3 is 5.73 Å². The third-order valence-corrected chi connectivity index (χ3v) is 2.48. The molecule has 0 spiro atoms. The van der Waals surface area contributed by atoms with E-state index in [1.165, 1.54) is 0 Å². The van der Waals surface area contributed by atoms with Gasteiger partial charge in [0.05, 0.1) is 0 Å². The maximum absolute atomic E-state index is 10.6. The highest BCUT2D eigenvalue weighted by atomic mass is 16.1. The summed E-state index contributed by atoms with van der Waals surface area (Å²) in [7, 11) is 0. The van der Waals surface area contributed by atoms with Gasteiger partial charge in [-0.05, 0) is 24.5 Å². The summed E-state index contributed by atoms with van der Waals surface area (Å²) in [5.41, 5.74) is 7.42. The predicted octanol–water partition coefficient (Wildman–Crippen LogP) is 2.19. The zero-order valence-electron chi connectivity index (χ0n) is 10.3. The summed E-state index contributed by atoms with van der Waals surface area (Å²) < 4.78 is 0. The normalized spacial score (nSPS) is 11.4. The molecule has 2 N–H and O–H groups in total. The Morgan fingerprint density at radius 3 is 2.50 bits per heavy atom. The first-order valence-corrected chi connectivity index (χ1v) is 5.63. The van der Waals surface area contributed by atoms with Crippen molar-refractivity contribution in [2.24, 2.45) is 5.73 Å². The predicted molar refractivity (Wildman–Crippen MR) is 65.1 cm³/mol. The van der Waals surface area contributed by atoms with E-state index in [0.717, 1.165) is 24.1 Å². The molecule has 1 heterocycles. The minimum absolute atomic E-state index is 0.0890. The van der Waals surface area contributed by atoms with E-state index in [1.54, 1.807) is 0 Å². The Morgan fingerprint density at radius 2 is 2.06 bits per heavy atom. The van der Waals surface area contributed by atoms with E-state index in [9.17, 15) is 4.79 Å². The zero-order valence-corrected chi connectivity index (χ0v) is 10.3. The lowest BCUT2D eigenvalue weighted by molar-refractivity contribution is -0.118. The van der Waals surface area contributed by atoms with Crippen LogP contribution in [0.4, 0.5) is 0 Å². The Bertz CT molecular complexity index is 349. The SMILES string of the molecule is CC(C)(C)c1ccc(CCCC(N)=O)cn1. The summed E-state index contributed by atoms with van der Waals surface area (Å²) >= 11 is 0. The molecule has 0 aliphatic carbocycles. The lowest BCUT2D eigenvalue weighted by Crippen LogP contribution is -2.13. The molecule has 0 saturated carbocycles. The third-order valence-electron chi connectivity index (χ3n) is 2.48. The number of rotatable bonds is 4. The zero-order chi connectivity index (χ0) is 12.2. The Kier molecular flexibility index (Phi) is 4.05. The van der Waals surface area contributed by atoms with Crippen molar-refractivity contribution in [2.45, 2.75) is 45.4 Å². The van der Waals surface area contributed by atoms with Gasteiger partial charge in [-0.25, -0.2) is 0 Å². The smallest absolute Gasteiger partial charge is 0.217 e. The molecule has 1 aromatic heterocycles. The Balaban J connectivity index is 2.55. The van der Waals surface area contributed by atoms with Crippen LogP contribution in [0, 0.1) is 0 Å². The molecule has 0 radical (unpaired) electrons. The van der Waals surface area contributed by atoms with Gasteiger partial charge in [-0.15, -0.1) is 0 Å². The molecule has 0 bridgehead atoms. The molecule has 1 rings (SSSR count). The number of carbonyl (C=O) groups is 1. The van der Waals surface area contributed by atoms with Crippen LogP contribution in [-0.2, 0) is 16.6 Å². The summed E-state index contributed by atoms with van der Waals surface area (Å²) in [5.74, 6) is -0.237. The first kappa shape index (κ1) is 12.7. The molecular weight excluding hydrogens is 200 g/mol. The number of nitrogens with two attached hydrogens (primary N) is 1. The van der Waals surface area contributed by atoms with Crippen molar-refractivity contribution in [3.8, 4) is 0 Å². The molecule has 16 heavy (non-hydrogen) atoms. The number of amides is 1. The van der Waals surface area contributed by atoms with Crippen molar-refractivity contribution in [1.82, 2.24) is 4.98 Å². The van der Waals surface area contributed by atoms with Crippen molar-refractivity contribution in [2.75, 3.05) is 0 Å². The maximum Gasteiger partial charge on any atom is 0.217 e. The fourth-order valence-corrected chi connectivity index (χ4v) is 1.48. The van der Waals surface area contributed by atoms with E-state index < -0.39 is 0 Å². The van der Waals surface area contributed by atoms with Gasteiger partial charge in [-0.3, -0.25) is 9.78 Å². The van der Waals surface area contributed by atoms with Crippen LogP contribution in [0.1, 0.15) is 44.9 Å². The number of hydrogen-bond acceptors (Lipinski definition) is 2. The van der Waals surface area contributed by atoms with Gasteiger partial charge in [0.1, 0.15) is 0 Å². The second kappa shape index (κ2) is 5.10. The van der Waals surface area contributed by atoms with Crippen LogP contribution in [0.2, 0.25) is 0 Å². The average molecular weight is 220 g/mol. The maximum atomic E-state index is 10.6. The molecule has 3 heteroatoms. The first-order chi connectivity index (χ1) is 7.39. The Labute approximate surface area is 97.1 Å². The van der Waals surface area contributed by atoms with Gasteiger partial charge in [0.2, 0.25) is 5.91 Å². The molecule has 1 aromatic rings. The second-order valence-electron chi connectivity index (χ2n) is 5.12. The van der Waals surface area contributed by atoms with Crippen LogP contribution in [0.25, 0.3) is 0 Å². The van der Waals surface area contributed by atoms with Crippen molar-refractivity contribution >= 4 is 5.91 Å². The van der Waals surface area contributed by atoms with Crippen molar-refractivity contribution in [3.63, 3.8) is 0 Å². The van der Waals surface area contributed by atoms with Crippen molar-refractivity contribution < 1.29 is 4.79 Å². The van der Waals surface area contributed by atoms with Gasteiger partial charge in [0.25, 0.3) is 0 Å². The largest absolute Gasteiger partial charge is 0.370 e. The summed E-state index contributed by atoms with van der Waals surface area (Å²) in [6.07, 6.45) is 3.99. The molecular formula is C13H20N2O. The Morgan fingerprint density at radius 1 is 1.38 bits per heavy atom. The summed E-state index contributed by atoms with van der Waals surface area (Å²) in [5, 5.41) is 0. The standard InChI is InChI=1S/C13H20N2O/c1-13(2,3)11-8-7-10(9-15-11)5-4-6-12(14)16/h7-9H,4-6H2,1-3H3,(H2,14,16). The lowest BCUT2D eigenvalue weighted by atomic mass is 9.91. The molecule has 1 amide bonds. The molecule has 0 atom stereocenters. The highest BCUT2D eigenvalue weighted by molar-refractivity contribution is 5.73. The van der Waals surface area contributed by atoms with Crippen molar-refractivity contribution in [3.05, 3.63) is 29.6 Å². The number of hydrogen-bond donors (Lipinski definition) is 1. The number of aromatic nitrogens is 1. The van der Waals surface area contributed by atoms with Crippen LogP contribution in [0.15, 0.2) is 18.3 Å². The van der Waals surface area contributed by atoms with Crippen LogP contribution in [-0.4, -0.2) is 10.9 Å². The van der Waals surface area contributed by atoms with E-state index in [4.69, 9.17) is 5.73 Å². The van der Waals surface area contributed by atoms with E-state index in [2.05, 4.69) is 37.9 Å². The van der Waals surface area contributed by atoms with Gasteiger partial charge in [0.15, 0.2) is 0 Å². The third kappa shape index (κ3) is 4.01. The summed E-state index contributed by atoms with van der Waals surface area (Å²) in [4.78, 5) is 15.0. The van der Waals surface area contributed by atoms with Gasteiger partial charge in [-0.1, -0.05) is 26.8 Å². The number of nitrogens with zero attached hydrogens (tertiary/aromatic N) is 1. The minimum atomic E-state index is -0.237. The fourth-order valence-electron chi connectivity index (χ4n) is 1.48. The van der Waals surface area contributed by atoms with Crippen molar-refractivity contribution in [1.29, 1.82) is 0 Å².